The van der Waals surface area contributed by atoms with Crippen molar-refractivity contribution >= 4 is 0 Å². The second-order valence-electron chi connectivity index (χ2n) is 3.17. The Morgan fingerprint density at radius 2 is 1.90 bits per heavy atom. The van der Waals surface area contributed by atoms with E-state index in [4.69, 9.17) is 6.42 Å². The van der Waals surface area contributed by atoms with Gasteiger partial charge < -0.3 is 0 Å². The normalized spacial score (nSPS) is 9.80. The topological polar surface area (TPSA) is 0 Å². The van der Waals surface area contributed by atoms with Crippen molar-refractivity contribution < 1.29 is 0 Å². The molecule has 0 amide bonds. The van der Waals surface area contributed by atoms with Crippen molar-refractivity contribution in [1.82, 2.24) is 0 Å². The van der Waals surface area contributed by atoms with E-state index in [1.165, 1.54) is 19.3 Å². The van der Waals surface area contributed by atoms with Crippen LogP contribution in [-0.4, -0.2) is 0 Å². The highest BCUT2D eigenvalue weighted by Gasteiger charge is 1.92. The lowest BCUT2D eigenvalue weighted by Crippen LogP contribution is -1.86. The molecular weight excluding hydrogens is 120 g/mol. The van der Waals surface area contributed by atoms with Gasteiger partial charge in [0.25, 0.3) is 0 Å². The Bertz CT molecular complexity index is 95.1. The Balaban J connectivity index is 2.86. The van der Waals surface area contributed by atoms with Gasteiger partial charge in [-0.3, -0.25) is 0 Å². The fourth-order valence-electron chi connectivity index (χ4n) is 0.943. The molecule has 0 bridgehead atoms. The van der Waals surface area contributed by atoms with E-state index >= 15 is 0 Å². The molecule has 0 aromatic rings. The summed E-state index contributed by atoms with van der Waals surface area (Å²) in [4.78, 5) is 0. The highest BCUT2D eigenvalue weighted by molar-refractivity contribution is 4.74. The Hall–Kier alpha value is -0.440. The van der Waals surface area contributed by atoms with Crippen molar-refractivity contribution in [3.8, 4) is 5.92 Å². The summed E-state index contributed by atoms with van der Waals surface area (Å²) in [7, 11) is 0. The van der Waals surface area contributed by atoms with Crippen molar-refractivity contribution in [2.75, 3.05) is 0 Å². The Morgan fingerprint density at radius 3 is 2.40 bits per heavy atom. The van der Waals surface area contributed by atoms with Crippen LogP contribution in [0.2, 0.25) is 0 Å². The van der Waals surface area contributed by atoms with Crippen molar-refractivity contribution in [3.63, 3.8) is 0 Å². The lowest BCUT2D eigenvalue weighted by atomic mass is 10.0. The molecule has 0 saturated carbocycles. The van der Waals surface area contributed by atoms with Gasteiger partial charge >= 0.3 is 0 Å². The summed E-state index contributed by atoms with van der Waals surface area (Å²) < 4.78 is 0. The van der Waals surface area contributed by atoms with Crippen molar-refractivity contribution in [1.29, 1.82) is 0 Å². The van der Waals surface area contributed by atoms with E-state index < -0.39 is 0 Å². The van der Waals surface area contributed by atoms with Gasteiger partial charge in [0, 0.05) is 6.42 Å². The minimum absolute atomic E-state index is 0.837. The summed E-state index contributed by atoms with van der Waals surface area (Å²) in [6, 6.07) is 0. The van der Waals surface area contributed by atoms with Gasteiger partial charge in [-0.25, -0.2) is 0 Å². The van der Waals surface area contributed by atoms with Crippen LogP contribution < -0.4 is 0 Å². The molecule has 0 aliphatic carbocycles. The van der Waals surface area contributed by atoms with Crippen LogP contribution >= 0.6 is 0 Å². The maximum absolute atomic E-state index is 6.67. The molecule has 0 fully saturated rings. The molecule has 0 heterocycles. The van der Waals surface area contributed by atoms with E-state index in [2.05, 4.69) is 19.8 Å². The molecule has 0 heteroatoms. The zero-order valence-corrected chi connectivity index (χ0v) is 7.11. The van der Waals surface area contributed by atoms with E-state index in [0.29, 0.717) is 0 Å². The minimum atomic E-state index is 0.837. The van der Waals surface area contributed by atoms with Crippen LogP contribution in [0.25, 0.3) is 0 Å². The third-order valence-corrected chi connectivity index (χ3v) is 1.58. The SMILES string of the molecule is [C]#CCCCCCC(C)C. The lowest BCUT2D eigenvalue weighted by molar-refractivity contribution is 0.530. The van der Waals surface area contributed by atoms with Gasteiger partial charge in [0.15, 0.2) is 0 Å². The second-order valence-corrected chi connectivity index (χ2v) is 3.17. The molecule has 0 aromatic heterocycles. The van der Waals surface area contributed by atoms with Gasteiger partial charge in [0.2, 0.25) is 0 Å². The zero-order chi connectivity index (χ0) is 7.82. The summed E-state index contributed by atoms with van der Waals surface area (Å²) in [5.74, 6) is 3.24. The molecule has 0 aromatic carbocycles. The molecule has 0 spiro atoms. The molecule has 0 N–H and O–H groups in total. The number of rotatable bonds is 5. The molecule has 0 saturated heterocycles. The molecule has 57 valence electrons. The lowest BCUT2D eigenvalue weighted by Gasteiger charge is -2.01. The molecule has 1 radical (unpaired) electrons. The number of hydrogen-bond acceptors (Lipinski definition) is 0. The maximum atomic E-state index is 6.67. The van der Waals surface area contributed by atoms with Gasteiger partial charge in [0.05, 0.1) is 0 Å². The molecule has 0 rings (SSSR count). The van der Waals surface area contributed by atoms with Crippen molar-refractivity contribution in [2.24, 2.45) is 5.92 Å². The first-order chi connectivity index (χ1) is 4.77. The van der Waals surface area contributed by atoms with Crippen molar-refractivity contribution in [3.05, 3.63) is 6.42 Å². The summed E-state index contributed by atoms with van der Waals surface area (Å²) in [6.45, 7) is 4.51. The fraction of sp³-hybridized carbons (Fsp3) is 0.800. The Morgan fingerprint density at radius 1 is 1.20 bits per heavy atom. The predicted octanol–water partition coefficient (Wildman–Crippen LogP) is 3.18. The fourth-order valence-corrected chi connectivity index (χ4v) is 0.943. The summed E-state index contributed by atoms with van der Waals surface area (Å²) in [5, 5.41) is 0. The van der Waals surface area contributed by atoms with Crippen LogP contribution in [0.5, 0.6) is 0 Å². The number of unbranched alkanes of at least 4 members (excludes halogenated alkanes) is 3. The average Bonchev–Trinajstić information content (AvgIpc) is 1.87. The third-order valence-electron chi connectivity index (χ3n) is 1.58. The molecule has 0 atom stereocenters. The van der Waals surface area contributed by atoms with Gasteiger partial charge in [-0.15, -0.1) is 0 Å². The van der Waals surface area contributed by atoms with Crippen LogP contribution in [0.4, 0.5) is 0 Å². The first-order valence-electron chi connectivity index (χ1n) is 4.17. The average molecular weight is 137 g/mol. The van der Waals surface area contributed by atoms with Crippen molar-refractivity contribution in [2.45, 2.75) is 46.0 Å². The first kappa shape index (κ1) is 9.56. The Labute approximate surface area is 65.0 Å². The highest BCUT2D eigenvalue weighted by atomic mass is 14.0. The minimum Gasteiger partial charge on any atom is -0.0891 e. The van der Waals surface area contributed by atoms with Gasteiger partial charge in [0.1, 0.15) is 0 Å². The smallest absolute Gasteiger partial charge is 0.00989 e. The van der Waals surface area contributed by atoms with E-state index in [1.807, 2.05) is 0 Å². The van der Waals surface area contributed by atoms with E-state index in [1.54, 1.807) is 0 Å². The van der Waals surface area contributed by atoms with Crippen LogP contribution in [-0.2, 0) is 0 Å². The number of hydrogen-bond donors (Lipinski definition) is 0. The predicted molar refractivity (Wildman–Crippen MR) is 45.1 cm³/mol. The summed E-state index contributed by atoms with van der Waals surface area (Å²) >= 11 is 0. The molecule has 0 aliphatic rings. The van der Waals surface area contributed by atoms with Crippen LogP contribution in [0.3, 0.4) is 0 Å². The first-order valence-corrected chi connectivity index (χ1v) is 4.17. The molecule has 0 aliphatic heterocycles. The Kier molecular flexibility index (Phi) is 6.38. The monoisotopic (exact) mass is 137 g/mol. The van der Waals surface area contributed by atoms with E-state index in [0.717, 1.165) is 18.8 Å². The molecular formula is C10H17. The van der Waals surface area contributed by atoms with Crippen LogP contribution in [0.1, 0.15) is 46.0 Å². The second kappa shape index (κ2) is 6.68. The largest absolute Gasteiger partial charge is 0.0891 e. The highest BCUT2D eigenvalue weighted by Crippen LogP contribution is 2.08. The molecule has 0 unspecified atom stereocenters. The molecule has 10 heavy (non-hydrogen) atoms. The van der Waals surface area contributed by atoms with Crippen LogP contribution in [0.15, 0.2) is 0 Å². The van der Waals surface area contributed by atoms with E-state index in [9.17, 15) is 0 Å². The van der Waals surface area contributed by atoms with Gasteiger partial charge in [-0.2, -0.15) is 0 Å². The standard InChI is InChI=1S/C10H17/c1-4-5-6-7-8-9-10(2)3/h10H,5-9H2,2-3H3. The molecule has 0 nitrogen and oxygen atoms in total. The summed E-state index contributed by atoms with van der Waals surface area (Å²) in [6.07, 6.45) is 12.6. The van der Waals surface area contributed by atoms with Gasteiger partial charge in [-0.05, 0) is 18.8 Å². The quantitative estimate of drug-likeness (QED) is 0.403. The third kappa shape index (κ3) is 7.56. The maximum Gasteiger partial charge on any atom is 0.00989 e. The van der Waals surface area contributed by atoms with Crippen LogP contribution in [0, 0.1) is 18.3 Å². The summed E-state index contributed by atoms with van der Waals surface area (Å²) in [5.41, 5.74) is 0. The van der Waals surface area contributed by atoms with Gasteiger partial charge in [-0.1, -0.05) is 39.0 Å². The van der Waals surface area contributed by atoms with E-state index in [-0.39, 0.29) is 0 Å². The zero-order valence-electron chi connectivity index (χ0n) is 7.11.